The number of alkyl halides is 1. The Morgan fingerprint density at radius 3 is 2.25 bits per heavy atom. The first kappa shape index (κ1) is 14.1. The molecule has 0 aromatic heterocycles. The SMILES string of the molecule is CCC[C@@H](Cl)[C@@H](CCC)[Se]c1ccccc1. The molecule has 2 atom stereocenters. The van der Waals surface area contributed by atoms with Gasteiger partial charge in [0.1, 0.15) is 0 Å². The quantitative estimate of drug-likeness (QED) is 0.527. The third-order valence-electron chi connectivity index (χ3n) is 2.57. The summed E-state index contributed by atoms with van der Waals surface area (Å²) in [4.78, 5) is 0.696. The molecule has 0 aliphatic rings. The molecular formula is C14H21ClSe. The molecule has 2 heteroatoms. The zero-order chi connectivity index (χ0) is 11.8. The van der Waals surface area contributed by atoms with Gasteiger partial charge in [-0.25, -0.2) is 0 Å². The van der Waals surface area contributed by atoms with Crippen LogP contribution < -0.4 is 4.46 Å². The van der Waals surface area contributed by atoms with E-state index in [-0.39, 0.29) is 0 Å². The maximum atomic E-state index is 6.49. The molecule has 0 N–H and O–H groups in total. The second kappa shape index (κ2) is 8.17. The van der Waals surface area contributed by atoms with E-state index in [2.05, 4.69) is 44.2 Å². The van der Waals surface area contributed by atoms with Crippen LogP contribution in [-0.2, 0) is 0 Å². The van der Waals surface area contributed by atoms with Crippen LogP contribution in [0, 0.1) is 0 Å². The molecule has 0 aliphatic carbocycles. The third-order valence-corrected chi connectivity index (χ3v) is 6.39. The molecule has 16 heavy (non-hydrogen) atoms. The van der Waals surface area contributed by atoms with Crippen molar-refractivity contribution in [3.63, 3.8) is 0 Å². The van der Waals surface area contributed by atoms with Crippen molar-refractivity contribution in [1.29, 1.82) is 0 Å². The second-order valence-electron chi connectivity index (χ2n) is 4.06. The van der Waals surface area contributed by atoms with Crippen LogP contribution in [0.15, 0.2) is 30.3 Å². The van der Waals surface area contributed by atoms with Gasteiger partial charge in [-0.2, -0.15) is 0 Å². The molecule has 0 radical (unpaired) electrons. The van der Waals surface area contributed by atoms with Gasteiger partial charge >= 0.3 is 111 Å². The summed E-state index contributed by atoms with van der Waals surface area (Å²) in [6, 6.07) is 10.8. The van der Waals surface area contributed by atoms with Crippen molar-refractivity contribution < 1.29 is 0 Å². The average Bonchev–Trinajstić information content (AvgIpc) is 2.30. The summed E-state index contributed by atoms with van der Waals surface area (Å²) in [5.74, 6) is 0. The zero-order valence-electron chi connectivity index (χ0n) is 10.2. The fourth-order valence-electron chi connectivity index (χ4n) is 1.73. The summed E-state index contributed by atoms with van der Waals surface area (Å²) in [7, 11) is 0. The Hall–Kier alpha value is 0.0295. The molecule has 0 aliphatic heterocycles. The molecule has 0 saturated carbocycles. The Balaban J connectivity index is 2.57. The Bertz CT molecular complexity index is 273. The normalized spacial score (nSPS) is 14.7. The van der Waals surface area contributed by atoms with Crippen LogP contribution in [0.25, 0.3) is 0 Å². The molecule has 90 valence electrons. The van der Waals surface area contributed by atoms with Gasteiger partial charge < -0.3 is 0 Å². The molecule has 0 fully saturated rings. The Kier molecular flexibility index (Phi) is 7.19. The molecule has 0 amide bonds. The zero-order valence-corrected chi connectivity index (χ0v) is 12.6. The van der Waals surface area contributed by atoms with E-state index in [1.807, 2.05) is 0 Å². The first-order valence-corrected chi connectivity index (χ1v) is 8.41. The topological polar surface area (TPSA) is 0 Å². The Morgan fingerprint density at radius 1 is 1.06 bits per heavy atom. The summed E-state index contributed by atoms with van der Waals surface area (Å²) in [6.45, 7) is 4.47. The van der Waals surface area contributed by atoms with Crippen molar-refractivity contribution in [3.8, 4) is 0 Å². The van der Waals surface area contributed by atoms with Gasteiger partial charge in [0.25, 0.3) is 0 Å². The first-order chi connectivity index (χ1) is 7.77. The summed E-state index contributed by atoms with van der Waals surface area (Å²) in [6.07, 6.45) is 4.86. The van der Waals surface area contributed by atoms with E-state index in [4.69, 9.17) is 11.6 Å². The van der Waals surface area contributed by atoms with Crippen molar-refractivity contribution >= 4 is 31.0 Å². The van der Waals surface area contributed by atoms with Gasteiger partial charge in [0.2, 0.25) is 0 Å². The summed E-state index contributed by atoms with van der Waals surface area (Å²) >= 11 is 7.02. The molecule has 0 spiro atoms. The fourth-order valence-corrected chi connectivity index (χ4v) is 5.08. The van der Waals surface area contributed by atoms with E-state index in [9.17, 15) is 0 Å². The fraction of sp³-hybridized carbons (Fsp3) is 0.571. The van der Waals surface area contributed by atoms with Crippen molar-refractivity contribution in [2.75, 3.05) is 0 Å². The maximum absolute atomic E-state index is 6.49. The van der Waals surface area contributed by atoms with Crippen LogP contribution in [0.1, 0.15) is 39.5 Å². The van der Waals surface area contributed by atoms with Crippen LogP contribution in [0.2, 0.25) is 4.82 Å². The average molecular weight is 304 g/mol. The van der Waals surface area contributed by atoms with E-state index in [1.54, 1.807) is 0 Å². The van der Waals surface area contributed by atoms with Crippen molar-refractivity contribution in [1.82, 2.24) is 0 Å². The minimum absolute atomic E-state index is 0.366. The molecule has 1 aromatic rings. The van der Waals surface area contributed by atoms with E-state index in [0.29, 0.717) is 25.2 Å². The van der Waals surface area contributed by atoms with Gasteiger partial charge in [-0.3, -0.25) is 0 Å². The van der Waals surface area contributed by atoms with Crippen molar-refractivity contribution in [2.24, 2.45) is 0 Å². The van der Waals surface area contributed by atoms with Crippen LogP contribution in [-0.4, -0.2) is 20.3 Å². The van der Waals surface area contributed by atoms with Crippen molar-refractivity contribution in [2.45, 2.75) is 49.7 Å². The minimum atomic E-state index is 0.366. The van der Waals surface area contributed by atoms with Crippen LogP contribution in [0.3, 0.4) is 0 Å². The Morgan fingerprint density at radius 2 is 1.69 bits per heavy atom. The van der Waals surface area contributed by atoms with Crippen LogP contribution >= 0.6 is 11.6 Å². The number of rotatable bonds is 7. The van der Waals surface area contributed by atoms with E-state index in [1.165, 1.54) is 23.7 Å². The van der Waals surface area contributed by atoms with E-state index < -0.39 is 0 Å². The summed E-state index contributed by atoms with van der Waals surface area (Å²) in [5.41, 5.74) is 0. The molecule has 0 bridgehead atoms. The van der Waals surface area contributed by atoms with Gasteiger partial charge in [0.15, 0.2) is 0 Å². The number of hydrogen-bond donors (Lipinski definition) is 0. The van der Waals surface area contributed by atoms with Gasteiger partial charge in [-0.15, -0.1) is 0 Å². The molecule has 0 heterocycles. The van der Waals surface area contributed by atoms with E-state index in [0.717, 1.165) is 6.42 Å². The van der Waals surface area contributed by atoms with Gasteiger partial charge in [-0.05, 0) is 0 Å². The molecular weight excluding hydrogens is 283 g/mol. The molecule has 1 aromatic carbocycles. The summed E-state index contributed by atoms with van der Waals surface area (Å²) < 4.78 is 1.48. The second-order valence-corrected chi connectivity index (χ2v) is 7.38. The Labute approximate surface area is 111 Å². The molecule has 1 rings (SSSR count). The van der Waals surface area contributed by atoms with Crippen LogP contribution in [0.5, 0.6) is 0 Å². The van der Waals surface area contributed by atoms with Gasteiger partial charge in [-0.1, -0.05) is 0 Å². The number of halogens is 1. The number of hydrogen-bond acceptors (Lipinski definition) is 0. The monoisotopic (exact) mass is 304 g/mol. The third kappa shape index (κ3) is 4.91. The predicted molar refractivity (Wildman–Crippen MR) is 75.0 cm³/mol. The molecule has 0 saturated heterocycles. The number of benzene rings is 1. The van der Waals surface area contributed by atoms with Gasteiger partial charge in [0, 0.05) is 0 Å². The molecule has 0 unspecified atom stereocenters. The van der Waals surface area contributed by atoms with Gasteiger partial charge in [0.05, 0.1) is 0 Å². The molecule has 0 nitrogen and oxygen atoms in total. The van der Waals surface area contributed by atoms with E-state index >= 15 is 0 Å². The van der Waals surface area contributed by atoms with Crippen LogP contribution in [0.4, 0.5) is 0 Å². The van der Waals surface area contributed by atoms with Crippen molar-refractivity contribution in [3.05, 3.63) is 30.3 Å². The predicted octanol–water partition coefficient (Wildman–Crippen LogP) is 4.01. The standard InChI is InChI=1S/C14H21ClSe/c1-3-8-13(15)14(9-4-2)16-12-10-6-5-7-11-12/h5-7,10-11,13-14H,3-4,8-9H2,1-2H3/t13-,14-/m1/s1. The summed E-state index contributed by atoms with van der Waals surface area (Å²) in [5, 5.41) is 0.366. The first-order valence-electron chi connectivity index (χ1n) is 6.13.